The van der Waals surface area contributed by atoms with Crippen molar-refractivity contribution >= 4 is 39.8 Å². The van der Waals surface area contributed by atoms with E-state index in [4.69, 9.17) is 11.6 Å². The second-order valence-corrected chi connectivity index (χ2v) is 8.46. The minimum absolute atomic E-state index is 0. The molecular weight excluding hydrogens is 407 g/mol. The monoisotopic (exact) mass is 428 g/mol. The van der Waals surface area contributed by atoms with Crippen molar-refractivity contribution in [3.63, 3.8) is 0 Å². The van der Waals surface area contributed by atoms with Gasteiger partial charge in [0.05, 0.1) is 10.9 Å². The third-order valence-corrected chi connectivity index (χ3v) is 6.79. The van der Waals surface area contributed by atoms with Crippen LogP contribution >= 0.6 is 24.0 Å². The van der Waals surface area contributed by atoms with Crippen LogP contribution in [0, 0.1) is 0 Å². The van der Waals surface area contributed by atoms with Crippen LogP contribution in [-0.2, 0) is 10.0 Å². The van der Waals surface area contributed by atoms with Crippen molar-refractivity contribution < 1.29 is 13.2 Å². The summed E-state index contributed by atoms with van der Waals surface area (Å²) in [6.07, 6.45) is 0.333. The van der Waals surface area contributed by atoms with Crippen LogP contribution in [0.1, 0.15) is 35.3 Å². The lowest BCUT2D eigenvalue weighted by Crippen LogP contribution is -2.48. The topological polar surface area (TPSA) is 66.5 Å². The molecule has 5 nitrogen and oxygen atoms in total. The predicted molar refractivity (Wildman–Crippen MR) is 109 cm³/mol. The van der Waals surface area contributed by atoms with E-state index >= 15 is 0 Å². The van der Waals surface area contributed by atoms with E-state index in [0.29, 0.717) is 36.6 Å². The Hall–Kier alpha value is -1.44. The Kier molecular flexibility index (Phi) is 7.42. The quantitative estimate of drug-likeness (QED) is 0.737. The molecule has 0 saturated carbocycles. The summed E-state index contributed by atoms with van der Waals surface area (Å²) in [5, 5.41) is 3.77. The summed E-state index contributed by atoms with van der Waals surface area (Å²) in [6, 6.07) is 13.1. The maximum Gasteiger partial charge on any atom is 0.243 e. The Morgan fingerprint density at radius 3 is 2.67 bits per heavy atom. The van der Waals surface area contributed by atoms with Crippen molar-refractivity contribution in [2.75, 3.05) is 19.6 Å². The molecular formula is C19H22Cl2N2O3S. The Bertz CT molecular complexity index is 919. The Morgan fingerprint density at radius 1 is 1.22 bits per heavy atom. The minimum atomic E-state index is -3.76. The number of ketones is 1. The fourth-order valence-electron chi connectivity index (χ4n) is 3.15. The van der Waals surface area contributed by atoms with Gasteiger partial charge in [0, 0.05) is 36.6 Å². The van der Waals surface area contributed by atoms with Crippen LogP contribution in [0.2, 0.25) is 5.02 Å². The van der Waals surface area contributed by atoms with Crippen molar-refractivity contribution in [2.45, 2.75) is 24.3 Å². The molecule has 1 atom stereocenters. The first-order valence-corrected chi connectivity index (χ1v) is 10.4. The molecule has 1 fully saturated rings. The zero-order valence-electron chi connectivity index (χ0n) is 14.9. The molecule has 1 unspecified atom stereocenters. The van der Waals surface area contributed by atoms with Crippen LogP contribution in [0.4, 0.5) is 0 Å². The Labute approximate surface area is 171 Å². The van der Waals surface area contributed by atoms with Crippen LogP contribution < -0.4 is 5.32 Å². The predicted octanol–water partition coefficient (Wildman–Crippen LogP) is 3.69. The van der Waals surface area contributed by atoms with Gasteiger partial charge in [-0.05, 0) is 23.8 Å². The molecule has 3 rings (SSSR count). The molecule has 8 heteroatoms. The molecule has 0 aliphatic carbocycles. The lowest BCUT2D eigenvalue weighted by Gasteiger charge is -2.35. The lowest BCUT2D eigenvalue weighted by molar-refractivity contribution is 0.0988. The number of hydrogen-bond donors (Lipinski definition) is 1. The number of hydrogen-bond acceptors (Lipinski definition) is 4. The second kappa shape index (κ2) is 9.17. The third-order valence-electron chi connectivity index (χ3n) is 4.54. The summed E-state index contributed by atoms with van der Waals surface area (Å²) >= 11 is 6.31. The van der Waals surface area contributed by atoms with Gasteiger partial charge in [-0.25, -0.2) is 8.42 Å². The third kappa shape index (κ3) is 4.52. The number of halogens is 2. The molecule has 2 aromatic carbocycles. The van der Waals surface area contributed by atoms with Crippen molar-refractivity contribution in [3.05, 3.63) is 64.7 Å². The van der Waals surface area contributed by atoms with Gasteiger partial charge in [0.25, 0.3) is 0 Å². The maximum absolute atomic E-state index is 13.3. The first kappa shape index (κ1) is 21.9. The van der Waals surface area contributed by atoms with E-state index in [-0.39, 0.29) is 23.1 Å². The summed E-state index contributed by atoms with van der Waals surface area (Å²) in [5.41, 5.74) is 1.18. The van der Waals surface area contributed by atoms with E-state index in [2.05, 4.69) is 5.32 Å². The molecule has 0 aromatic heterocycles. The molecule has 1 aliphatic rings. The van der Waals surface area contributed by atoms with E-state index in [1.165, 1.54) is 16.4 Å². The fraction of sp³-hybridized carbons (Fsp3) is 0.316. The van der Waals surface area contributed by atoms with E-state index in [1.54, 1.807) is 25.1 Å². The molecule has 27 heavy (non-hydrogen) atoms. The van der Waals surface area contributed by atoms with E-state index in [0.717, 1.165) is 5.56 Å². The maximum atomic E-state index is 13.3. The van der Waals surface area contributed by atoms with Crippen LogP contribution in [-0.4, -0.2) is 38.1 Å². The molecule has 1 N–H and O–H groups in total. The largest absolute Gasteiger partial charge is 0.313 e. The number of piperazine rings is 1. The van der Waals surface area contributed by atoms with Crippen molar-refractivity contribution in [1.82, 2.24) is 9.62 Å². The fourth-order valence-corrected chi connectivity index (χ4v) is 5.07. The van der Waals surface area contributed by atoms with Gasteiger partial charge in [0.15, 0.2) is 5.78 Å². The van der Waals surface area contributed by atoms with Gasteiger partial charge in [0.2, 0.25) is 10.0 Å². The highest BCUT2D eigenvalue weighted by Gasteiger charge is 2.35. The van der Waals surface area contributed by atoms with E-state index in [1.807, 2.05) is 18.2 Å². The molecule has 1 aliphatic heterocycles. The van der Waals surface area contributed by atoms with E-state index in [9.17, 15) is 13.2 Å². The average Bonchev–Trinajstić information content (AvgIpc) is 2.68. The Balaban J connectivity index is 0.00000261. The molecule has 146 valence electrons. The number of benzene rings is 2. The smallest absolute Gasteiger partial charge is 0.243 e. The SMILES string of the molecule is CCC(=O)c1cccc(S(=O)(=O)N2CCNCC2c2ccccc2Cl)c1.Cl. The second-order valence-electron chi connectivity index (χ2n) is 6.16. The van der Waals surface area contributed by atoms with Crippen molar-refractivity contribution in [1.29, 1.82) is 0 Å². The molecule has 1 heterocycles. The average molecular weight is 429 g/mol. The summed E-state index contributed by atoms with van der Waals surface area (Å²) in [7, 11) is -3.76. The van der Waals surface area contributed by atoms with Gasteiger partial charge >= 0.3 is 0 Å². The number of rotatable bonds is 5. The van der Waals surface area contributed by atoms with Crippen LogP contribution in [0.25, 0.3) is 0 Å². The number of carbonyl (C=O) groups excluding carboxylic acids is 1. The zero-order chi connectivity index (χ0) is 18.7. The first-order chi connectivity index (χ1) is 12.4. The van der Waals surface area contributed by atoms with E-state index < -0.39 is 16.1 Å². The van der Waals surface area contributed by atoms with Gasteiger partial charge in [-0.15, -0.1) is 12.4 Å². The van der Waals surface area contributed by atoms with Gasteiger partial charge in [-0.2, -0.15) is 4.31 Å². The highest BCUT2D eigenvalue weighted by atomic mass is 35.5. The minimum Gasteiger partial charge on any atom is -0.313 e. The summed E-state index contributed by atoms with van der Waals surface area (Å²) < 4.78 is 28.1. The summed E-state index contributed by atoms with van der Waals surface area (Å²) in [5.74, 6) is -0.0787. The molecule has 0 spiro atoms. The molecule has 0 amide bonds. The van der Waals surface area contributed by atoms with Crippen molar-refractivity contribution in [3.8, 4) is 0 Å². The first-order valence-electron chi connectivity index (χ1n) is 8.55. The standard InChI is InChI=1S/C19H21ClN2O3S.ClH/c1-2-19(23)14-6-5-7-15(12-14)26(24,25)22-11-10-21-13-18(22)16-8-3-4-9-17(16)20;/h3-9,12,18,21H,2,10-11,13H2,1H3;1H. The molecule has 0 bridgehead atoms. The number of sulfonamides is 1. The number of Topliss-reactive ketones (excluding diaryl/α,β-unsaturated/α-hetero) is 1. The van der Waals surface area contributed by atoms with Crippen LogP contribution in [0.5, 0.6) is 0 Å². The van der Waals surface area contributed by atoms with Crippen LogP contribution in [0.3, 0.4) is 0 Å². The lowest BCUT2D eigenvalue weighted by atomic mass is 10.1. The van der Waals surface area contributed by atoms with Gasteiger partial charge in [-0.3, -0.25) is 4.79 Å². The zero-order valence-corrected chi connectivity index (χ0v) is 17.3. The van der Waals surface area contributed by atoms with Crippen LogP contribution in [0.15, 0.2) is 53.4 Å². The number of nitrogens with zero attached hydrogens (tertiary/aromatic N) is 1. The normalized spacial score (nSPS) is 17.9. The Morgan fingerprint density at radius 2 is 1.96 bits per heavy atom. The van der Waals surface area contributed by atoms with Gasteiger partial charge < -0.3 is 5.32 Å². The molecule has 1 saturated heterocycles. The highest BCUT2D eigenvalue weighted by Crippen LogP contribution is 2.32. The molecule has 0 radical (unpaired) electrons. The number of carbonyl (C=O) groups is 1. The highest BCUT2D eigenvalue weighted by molar-refractivity contribution is 7.89. The van der Waals surface area contributed by atoms with Crippen molar-refractivity contribution in [2.24, 2.45) is 0 Å². The van der Waals surface area contributed by atoms with Gasteiger partial charge in [-0.1, -0.05) is 48.9 Å². The van der Waals surface area contributed by atoms with Gasteiger partial charge in [0.1, 0.15) is 0 Å². The summed E-state index contributed by atoms with van der Waals surface area (Å²) in [4.78, 5) is 12.1. The summed E-state index contributed by atoms with van der Waals surface area (Å²) in [6.45, 7) is 3.14. The molecule has 2 aromatic rings. The number of nitrogens with one attached hydrogen (secondary N) is 1.